The highest BCUT2D eigenvalue weighted by molar-refractivity contribution is 5.08. The predicted octanol–water partition coefficient (Wildman–Crippen LogP) is 1.19. The van der Waals surface area contributed by atoms with Gasteiger partial charge in [0.15, 0.2) is 0 Å². The minimum Gasteiger partial charge on any atom is -0.396 e. The van der Waals surface area contributed by atoms with Crippen molar-refractivity contribution in [3.05, 3.63) is 12.2 Å². The Balaban J connectivity index is 1.98. The summed E-state index contributed by atoms with van der Waals surface area (Å²) in [5.74, 6) is 2.35. The van der Waals surface area contributed by atoms with E-state index < -0.39 is 0 Å². The van der Waals surface area contributed by atoms with E-state index in [4.69, 9.17) is 5.11 Å². The van der Waals surface area contributed by atoms with E-state index >= 15 is 0 Å². The van der Waals surface area contributed by atoms with Crippen molar-refractivity contribution < 1.29 is 5.11 Å². The molecule has 0 heterocycles. The molecule has 2 rings (SSSR count). The molecule has 0 aromatic carbocycles. The minimum atomic E-state index is 0.414. The zero-order chi connectivity index (χ0) is 6.27. The molecule has 0 spiro atoms. The van der Waals surface area contributed by atoms with Crippen LogP contribution in [0.4, 0.5) is 0 Å². The molecule has 0 saturated heterocycles. The van der Waals surface area contributed by atoms with Crippen molar-refractivity contribution in [2.45, 2.75) is 12.8 Å². The summed E-state index contributed by atoms with van der Waals surface area (Å²) in [6.45, 7) is 0.414. The van der Waals surface area contributed by atoms with Crippen molar-refractivity contribution in [2.24, 2.45) is 17.8 Å². The molecule has 1 fully saturated rings. The van der Waals surface area contributed by atoms with E-state index in [1.54, 1.807) is 0 Å². The van der Waals surface area contributed by atoms with Crippen molar-refractivity contribution >= 4 is 0 Å². The highest BCUT2D eigenvalue weighted by Crippen LogP contribution is 2.52. The molecule has 0 radical (unpaired) electrons. The van der Waals surface area contributed by atoms with Gasteiger partial charge in [0, 0.05) is 6.61 Å². The van der Waals surface area contributed by atoms with Crippen LogP contribution < -0.4 is 0 Å². The molecule has 0 bridgehead atoms. The molecule has 0 aromatic rings. The third-order valence-electron chi connectivity index (χ3n) is 2.70. The molecule has 9 heavy (non-hydrogen) atoms. The smallest absolute Gasteiger partial charge is 0.0465 e. The van der Waals surface area contributed by atoms with Gasteiger partial charge in [-0.05, 0) is 30.6 Å². The van der Waals surface area contributed by atoms with Crippen molar-refractivity contribution in [2.75, 3.05) is 6.61 Å². The van der Waals surface area contributed by atoms with E-state index in [2.05, 4.69) is 12.2 Å². The Morgan fingerprint density at radius 3 is 2.22 bits per heavy atom. The third kappa shape index (κ3) is 0.715. The van der Waals surface area contributed by atoms with Gasteiger partial charge in [-0.25, -0.2) is 0 Å². The molecule has 0 aliphatic heterocycles. The fraction of sp³-hybridized carbons (Fsp3) is 0.750. The lowest BCUT2D eigenvalue weighted by molar-refractivity contribution is 0.264. The molecule has 1 heteroatoms. The molecular weight excluding hydrogens is 112 g/mol. The first-order chi connectivity index (χ1) is 4.43. The van der Waals surface area contributed by atoms with Crippen LogP contribution in [-0.2, 0) is 0 Å². The number of hydrogen-bond donors (Lipinski definition) is 1. The second-order valence-electron chi connectivity index (χ2n) is 3.12. The molecule has 2 unspecified atom stereocenters. The first-order valence-corrected chi connectivity index (χ1v) is 3.69. The van der Waals surface area contributed by atoms with Crippen LogP contribution in [0.15, 0.2) is 12.2 Å². The van der Waals surface area contributed by atoms with Gasteiger partial charge in [-0.2, -0.15) is 0 Å². The fourth-order valence-corrected chi connectivity index (χ4v) is 2.00. The molecule has 2 aliphatic rings. The van der Waals surface area contributed by atoms with Crippen molar-refractivity contribution in [3.63, 3.8) is 0 Å². The number of aliphatic hydroxyl groups excluding tert-OH is 1. The topological polar surface area (TPSA) is 20.2 Å². The Bertz CT molecular complexity index is 126. The lowest BCUT2D eigenvalue weighted by Crippen LogP contribution is -1.86. The van der Waals surface area contributed by atoms with Crippen molar-refractivity contribution in [3.8, 4) is 0 Å². The number of rotatable bonds is 1. The Hall–Kier alpha value is -0.300. The zero-order valence-corrected chi connectivity index (χ0v) is 5.46. The lowest BCUT2D eigenvalue weighted by atomic mass is 10.1. The Morgan fingerprint density at radius 2 is 1.78 bits per heavy atom. The molecule has 50 valence electrons. The number of aliphatic hydroxyl groups is 1. The van der Waals surface area contributed by atoms with Gasteiger partial charge in [0.2, 0.25) is 0 Å². The van der Waals surface area contributed by atoms with Crippen LogP contribution in [0, 0.1) is 17.8 Å². The molecule has 0 amide bonds. The van der Waals surface area contributed by atoms with Gasteiger partial charge in [0.25, 0.3) is 0 Å². The first kappa shape index (κ1) is 5.48. The summed E-state index contributed by atoms with van der Waals surface area (Å²) in [5.41, 5.74) is 0. The van der Waals surface area contributed by atoms with Crippen molar-refractivity contribution in [1.29, 1.82) is 0 Å². The maximum atomic E-state index is 8.81. The van der Waals surface area contributed by atoms with Crippen LogP contribution in [0.3, 0.4) is 0 Å². The molecule has 1 N–H and O–H groups in total. The molecule has 2 aliphatic carbocycles. The maximum Gasteiger partial charge on any atom is 0.0465 e. The Morgan fingerprint density at radius 1 is 1.22 bits per heavy atom. The van der Waals surface area contributed by atoms with E-state index in [0.29, 0.717) is 12.5 Å². The average molecular weight is 124 g/mol. The van der Waals surface area contributed by atoms with E-state index in [1.807, 2.05) is 0 Å². The highest BCUT2D eigenvalue weighted by atomic mass is 16.3. The van der Waals surface area contributed by atoms with Gasteiger partial charge in [0.05, 0.1) is 0 Å². The standard InChI is InChI=1S/C8H12O/c9-5-8-6-3-1-2-4-7(6)8/h1-2,6-9H,3-5H2. The fourth-order valence-electron chi connectivity index (χ4n) is 2.00. The highest BCUT2D eigenvalue weighted by Gasteiger charge is 2.48. The quantitative estimate of drug-likeness (QED) is 0.520. The van der Waals surface area contributed by atoms with Crippen LogP contribution in [0.2, 0.25) is 0 Å². The summed E-state index contributed by atoms with van der Waals surface area (Å²) in [6.07, 6.45) is 6.93. The Kier molecular flexibility index (Phi) is 1.12. The molecule has 2 atom stereocenters. The largest absolute Gasteiger partial charge is 0.396 e. The summed E-state index contributed by atoms with van der Waals surface area (Å²) in [5, 5.41) is 8.81. The van der Waals surface area contributed by atoms with Crippen LogP contribution in [0.25, 0.3) is 0 Å². The summed E-state index contributed by atoms with van der Waals surface area (Å²) in [7, 11) is 0. The summed E-state index contributed by atoms with van der Waals surface area (Å²) in [6, 6.07) is 0. The zero-order valence-electron chi connectivity index (χ0n) is 5.46. The number of hydrogen-bond acceptors (Lipinski definition) is 1. The summed E-state index contributed by atoms with van der Waals surface area (Å²) >= 11 is 0. The summed E-state index contributed by atoms with van der Waals surface area (Å²) < 4.78 is 0. The van der Waals surface area contributed by atoms with Gasteiger partial charge in [-0.15, -0.1) is 0 Å². The third-order valence-corrected chi connectivity index (χ3v) is 2.70. The van der Waals surface area contributed by atoms with E-state index in [0.717, 1.165) is 11.8 Å². The van der Waals surface area contributed by atoms with Gasteiger partial charge in [-0.1, -0.05) is 12.2 Å². The molecular formula is C8H12O. The molecule has 1 saturated carbocycles. The van der Waals surface area contributed by atoms with Gasteiger partial charge >= 0.3 is 0 Å². The van der Waals surface area contributed by atoms with Crippen LogP contribution in [0.5, 0.6) is 0 Å². The van der Waals surface area contributed by atoms with E-state index in [9.17, 15) is 0 Å². The Labute approximate surface area is 55.4 Å². The number of allylic oxidation sites excluding steroid dienone is 2. The van der Waals surface area contributed by atoms with Crippen LogP contribution in [0.1, 0.15) is 12.8 Å². The number of fused-ring (bicyclic) bond motifs is 1. The van der Waals surface area contributed by atoms with Crippen LogP contribution >= 0.6 is 0 Å². The van der Waals surface area contributed by atoms with Crippen molar-refractivity contribution in [1.82, 2.24) is 0 Å². The second-order valence-corrected chi connectivity index (χ2v) is 3.12. The second kappa shape index (κ2) is 1.84. The van der Waals surface area contributed by atoms with Gasteiger partial charge in [0.1, 0.15) is 0 Å². The maximum absolute atomic E-state index is 8.81. The monoisotopic (exact) mass is 124 g/mol. The van der Waals surface area contributed by atoms with Gasteiger partial charge in [-0.3, -0.25) is 0 Å². The molecule has 0 aromatic heterocycles. The SMILES string of the molecule is OCC1C2CC=CCC12. The van der Waals surface area contributed by atoms with E-state index in [-0.39, 0.29) is 0 Å². The van der Waals surface area contributed by atoms with E-state index in [1.165, 1.54) is 12.8 Å². The summed E-state index contributed by atoms with van der Waals surface area (Å²) in [4.78, 5) is 0. The minimum absolute atomic E-state index is 0.414. The normalized spacial score (nSPS) is 46.6. The lowest BCUT2D eigenvalue weighted by Gasteiger charge is -1.96. The van der Waals surface area contributed by atoms with Gasteiger partial charge < -0.3 is 5.11 Å². The predicted molar refractivity (Wildman–Crippen MR) is 35.9 cm³/mol. The average Bonchev–Trinajstić information content (AvgIpc) is 2.60. The first-order valence-electron chi connectivity index (χ1n) is 3.69. The molecule has 1 nitrogen and oxygen atoms in total. The van der Waals surface area contributed by atoms with Crippen LogP contribution in [-0.4, -0.2) is 11.7 Å².